The van der Waals surface area contributed by atoms with Crippen LogP contribution in [0.25, 0.3) is 28.5 Å². The van der Waals surface area contributed by atoms with Gasteiger partial charge in [0.25, 0.3) is 0 Å². The summed E-state index contributed by atoms with van der Waals surface area (Å²) < 4.78 is 0. The van der Waals surface area contributed by atoms with Gasteiger partial charge < -0.3 is 10.7 Å². The second-order valence-electron chi connectivity index (χ2n) is 5.23. The molecule has 1 aromatic carbocycles. The first kappa shape index (κ1) is 14.0. The van der Waals surface area contributed by atoms with Crippen LogP contribution in [0.15, 0.2) is 36.7 Å². The summed E-state index contributed by atoms with van der Waals surface area (Å²) in [5.74, 6) is -0.493. The van der Waals surface area contributed by atoms with E-state index in [1.807, 2.05) is 6.07 Å². The molecule has 5 nitrogen and oxygen atoms in total. The van der Waals surface area contributed by atoms with Crippen LogP contribution in [0.1, 0.15) is 16.7 Å². The highest BCUT2D eigenvalue weighted by molar-refractivity contribution is 5.93. The van der Waals surface area contributed by atoms with E-state index in [-0.39, 0.29) is 0 Å². The van der Waals surface area contributed by atoms with E-state index in [0.717, 1.165) is 16.8 Å². The molecule has 110 valence electrons. The third-order valence-corrected chi connectivity index (χ3v) is 3.64. The van der Waals surface area contributed by atoms with E-state index in [0.29, 0.717) is 11.2 Å². The maximum atomic E-state index is 10.9. The van der Waals surface area contributed by atoms with Crippen LogP contribution in [-0.2, 0) is 4.79 Å². The van der Waals surface area contributed by atoms with Gasteiger partial charge in [0, 0.05) is 23.4 Å². The largest absolute Gasteiger partial charge is 0.366 e. The van der Waals surface area contributed by atoms with Crippen molar-refractivity contribution in [2.45, 2.75) is 13.8 Å². The van der Waals surface area contributed by atoms with Crippen LogP contribution >= 0.6 is 0 Å². The molecule has 0 unspecified atom stereocenters. The van der Waals surface area contributed by atoms with Crippen LogP contribution in [0.2, 0.25) is 0 Å². The molecule has 0 aliphatic rings. The first-order valence-corrected chi connectivity index (χ1v) is 6.94. The van der Waals surface area contributed by atoms with Crippen LogP contribution in [0.5, 0.6) is 0 Å². The first-order chi connectivity index (χ1) is 10.5. The average Bonchev–Trinajstić information content (AvgIpc) is 2.90. The molecular weight excluding hydrogens is 276 g/mol. The fourth-order valence-corrected chi connectivity index (χ4v) is 2.25. The molecule has 2 heterocycles. The molecule has 0 fully saturated rings. The van der Waals surface area contributed by atoms with Crippen LogP contribution in [0.4, 0.5) is 0 Å². The van der Waals surface area contributed by atoms with E-state index < -0.39 is 5.91 Å². The molecule has 0 atom stereocenters. The van der Waals surface area contributed by atoms with Gasteiger partial charge in [-0.25, -0.2) is 9.97 Å². The number of carbonyl (C=O) groups is 1. The van der Waals surface area contributed by atoms with Crippen LogP contribution in [0.3, 0.4) is 0 Å². The molecule has 0 spiro atoms. The molecule has 1 amide bonds. The molecule has 0 radical (unpaired) electrons. The summed E-state index contributed by atoms with van der Waals surface area (Å²) in [5.41, 5.74) is 11.6. The Bertz CT molecular complexity index is 893. The van der Waals surface area contributed by atoms with Crippen molar-refractivity contribution in [3.05, 3.63) is 53.4 Å². The van der Waals surface area contributed by atoms with Gasteiger partial charge in [0.15, 0.2) is 5.65 Å². The molecule has 22 heavy (non-hydrogen) atoms. The highest BCUT2D eigenvalue weighted by Gasteiger charge is 2.08. The summed E-state index contributed by atoms with van der Waals surface area (Å²) in [6, 6.07) is 6.20. The van der Waals surface area contributed by atoms with Crippen LogP contribution in [0, 0.1) is 13.8 Å². The Morgan fingerprint density at radius 1 is 1.27 bits per heavy atom. The quantitative estimate of drug-likeness (QED) is 0.728. The highest BCUT2D eigenvalue weighted by atomic mass is 16.1. The standard InChI is InChI=1S/C17H16N4O/c1-10-3-4-12(7-11(10)2)14-9-20-17-16(21-14)13(8-19-17)5-6-15(18)22/h3-9H,1-2H3,(H2,18,22)(H,19,20)/b6-5+. The first-order valence-electron chi connectivity index (χ1n) is 6.94. The zero-order valence-corrected chi connectivity index (χ0v) is 12.4. The Balaban J connectivity index is 2.10. The molecule has 5 heteroatoms. The molecule has 0 aliphatic carbocycles. The number of H-pyrrole nitrogens is 1. The summed E-state index contributed by atoms with van der Waals surface area (Å²) in [7, 11) is 0. The summed E-state index contributed by atoms with van der Waals surface area (Å²) in [6.07, 6.45) is 6.45. The van der Waals surface area contributed by atoms with Crippen molar-refractivity contribution >= 4 is 23.1 Å². The van der Waals surface area contributed by atoms with E-state index in [4.69, 9.17) is 5.73 Å². The zero-order chi connectivity index (χ0) is 15.7. The molecule has 0 saturated heterocycles. The molecule has 3 rings (SSSR count). The van der Waals surface area contributed by atoms with Gasteiger partial charge in [-0.2, -0.15) is 0 Å². The number of nitrogens with two attached hydrogens (primary N) is 1. The number of amides is 1. The number of carbonyl (C=O) groups excluding carboxylic acids is 1. The minimum atomic E-state index is -0.493. The summed E-state index contributed by atoms with van der Waals surface area (Å²) in [4.78, 5) is 23.0. The minimum absolute atomic E-state index is 0.493. The second-order valence-corrected chi connectivity index (χ2v) is 5.23. The monoisotopic (exact) mass is 292 g/mol. The van der Waals surface area contributed by atoms with Crippen LogP contribution < -0.4 is 5.73 Å². The molecule has 3 aromatic rings. The van der Waals surface area contributed by atoms with Crippen molar-refractivity contribution in [3.8, 4) is 11.3 Å². The Morgan fingerprint density at radius 2 is 2.09 bits per heavy atom. The number of aromatic nitrogens is 3. The smallest absolute Gasteiger partial charge is 0.241 e. The van der Waals surface area contributed by atoms with E-state index in [2.05, 4.69) is 40.9 Å². The van der Waals surface area contributed by atoms with Gasteiger partial charge in [-0.15, -0.1) is 0 Å². The lowest BCUT2D eigenvalue weighted by Crippen LogP contribution is -2.05. The van der Waals surface area contributed by atoms with Crippen molar-refractivity contribution in [1.82, 2.24) is 15.0 Å². The Kier molecular flexibility index (Phi) is 3.47. The summed E-state index contributed by atoms with van der Waals surface area (Å²) >= 11 is 0. The fraction of sp³-hybridized carbons (Fsp3) is 0.118. The van der Waals surface area contributed by atoms with Gasteiger partial charge in [0.2, 0.25) is 5.91 Å². The maximum Gasteiger partial charge on any atom is 0.241 e. The Hall–Kier alpha value is -2.95. The van der Waals surface area contributed by atoms with Crippen molar-refractivity contribution in [2.75, 3.05) is 0 Å². The number of nitrogens with zero attached hydrogens (tertiary/aromatic N) is 2. The SMILES string of the molecule is Cc1ccc(-c2cnc3[nH]cc(/C=C/C(N)=O)c3n2)cc1C. The zero-order valence-electron chi connectivity index (χ0n) is 12.4. The van der Waals surface area contributed by atoms with Gasteiger partial charge in [-0.05, 0) is 37.1 Å². The third kappa shape index (κ3) is 2.61. The van der Waals surface area contributed by atoms with E-state index in [1.165, 1.54) is 17.2 Å². The average molecular weight is 292 g/mol. The number of rotatable bonds is 3. The molecule has 3 N–H and O–H groups in total. The highest BCUT2D eigenvalue weighted by Crippen LogP contribution is 2.23. The number of primary amides is 1. The number of aromatic amines is 1. The number of benzene rings is 1. The van der Waals surface area contributed by atoms with Gasteiger partial charge in [0.1, 0.15) is 5.52 Å². The Labute approximate surface area is 127 Å². The van der Waals surface area contributed by atoms with Gasteiger partial charge >= 0.3 is 0 Å². The molecular formula is C17H16N4O. The third-order valence-electron chi connectivity index (χ3n) is 3.64. The molecule has 0 bridgehead atoms. The number of hydrogen-bond donors (Lipinski definition) is 2. The lowest BCUT2D eigenvalue weighted by Gasteiger charge is -2.05. The van der Waals surface area contributed by atoms with E-state index >= 15 is 0 Å². The summed E-state index contributed by atoms with van der Waals surface area (Å²) in [6.45, 7) is 4.15. The van der Waals surface area contributed by atoms with Crippen molar-refractivity contribution < 1.29 is 4.79 Å². The van der Waals surface area contributed by atoms with Crippen molar-refractivity contribution in [1.29, 1.82) is 0 Å². The second kappa shape index (κ2) is 5.44. The number of hydrogen-bond acceptors (Lipinski definition) is 3. The topological polar surface area (TPSA) is 84.7 Å². The number of nitrogens with one attached hydrogen (secondary N) is 1. The predicted molar refractivity (Wildman–Crippen MR) is 87.0 cm³/mol. The van der Waals surface area contributed by atoms with Crippen LogP contribution in [-0.4, -0.2) is 20.9 Å². The molecule has 2 aromatic heterocycles. The Morgan fingerprint density at radius 3 is 2.82 bits per heavy atom. The lowest BCUT2D eigenvalue weighted by atomic mass is 10.0. The van der Waals surface area contributed by atoms with E-state index in [1.54, 1.807) is 18.5 Å². The number of aryl methyl sites for hydroxylation is 2. The van der Waals surface area contributed by atoms with Crippen molar-refractivity contribution in [2.24, 2.45) is 5.73 Å². The van der Waals surface area contributed by atoms with Crippen molar-refractivity contribution in [3.63, 3.8) is 0 Å². The van der Waals surface area contributed by atoms with E-state index in [9.17, 15) is 4.79 Å². The fourth-order valence-electron chi connectivity index (χ4n) is 2.25. The maximum absolute atomic E-state index is 10.9. The normalized spacial score (nSPS) is 11.4. The summed E-state index contributed by atoms with van der Waals surface area (Å²) in [5, 5.41) is 0. The molecule has 0 saturated carbocycles. The minimum Gasteiger partial charge on any atom is -0.366 e. The van der Waals surface area contributed by atoms with Gasteiger partial charge in [0.05, 0.1) is 11.9 Å². The predicted octanol–water partition coefficient (Wildman–Crippen LogP) is 2.74. The lowest BCUT2D eigenvalue weighted by molar-refractivity contribution is -0.113. The van der Waals surface area contributed by atoms with Gasteiger partial charge in [-0.1, -0.05) is 12.1 Å². The number of fused-ring (bicyclic) bond motifs is 1. The molecule has 0 aliphatic heterocycles. The van der Waals surface area contributed by atoms with Gasteiger partial charge in [-0.3, -0.25) is 4.79 Å².